The Balaban J connectivity index is 1.31. The van der Waals surface area contributed by atoms with E-state index in [9.17, 15) is 4.79 Å². The van der Waals surface area contributed by atoms with E-state index in [1.807, 2.05) is 47.4 Å². The van der Waals surface area contributed by atoms with Crippen LogP contribution in [0, 0.1) is 0 Å². The summed E-state index contributed by atoms with van der Waals surface area (Å²) in [5, 5.41) is 0. The van der Waals surface area contributed by atoms with Gasteiger partial charge in [0.05, 0.1) is 19.3 Å². The number of rotatable bonds is 3. The van der Waals surface area contributed by atoms with Crippen molar-refractivity contribution < 1.29 is 23.7 Å². The molecule has 2 aromatic carbocycles. The van der Waals surface area contributed by atoms with Gasteiger partial charge >= 0.3 is 0 Å². The molecular weight excluding hydrogens is 382 g/mol. The second-order valence-corrected chi connectivity index (χ2v) is 7.68. The van der Waals surface area contributed by atoms with Crippen LogP contribution in [0.4, 0.5) is 0 Å². The Hall–Kier alpha value is -3.15. The molecule has 0 bridgehead atoms. The van der Waals surface area contributed by atoms with E-state index in [2.05, 4.69) is 0 Å². The molecule has 30 heavy (non-hydrogen) atoms. The third-order valence-corrected chi connectivity index (χ3v) is 5.68. The summed E-state index contributed by atoms with van der Waals surface area (Å²) >= 11 is 0. The van der Waals surface area contributed by atoms with Gasteiger partial charge in [-0.3, -0.25) is 4.79 Å². The molecule has 156 valence electrons. The SMILES string of the molecule is O=C(C=Cc1ccc2c(c1)OCCCO2)N1CCCC1c1ccc2c(c1)OCCO2. The largest absolute Gasteiger partial charge is 0.490 e. The van der Waals surface area contributed by atoms with Crippen molar-refractivity contribution in [1.82, 2.24) is 4.90 Å². The topological polar surface area (TPSA) is 57.2 Å². The van der Waals surface area contributed by atoms with Gasteiger partial charge in [0, 0.05) is 19.0 Å². The normalized spacial score (nSPS) is 20.3. The van der Waals surface area contributed by atoms with Crippen LogP contribution in [0.15, 0.2) is 42.5 Å². The molecule has 6 nitrogen and oxygen atoms in total. The van der Waals surface area contributed by atoms with Crippen molar-refractivity contribution in [3.63, 3.8) is 0 Å². The zero-order chi connectivity index (χ0) is 20.3. The summed E-state index contributed by atoms with van der Waals surface area (Å²) < 4.78 is 22.7. The van der Waals surface area contributed by atoms with Gasteiger partial charge in [-0.15, -0.1) is 0 Å². The highest BCUT2D eigenvalue weighted by Crippen LogP contribution is 2.38. The van der Waals surface area contributed by atoms with Crippen molar-refractivity contribution in [3.8, 4) is 23.0 Å². The lowest BCUT2D eigenvalue weighted by Crippen LogP contribution is -2.29. The minimum absolute atomic E-state index is 0.0134. The lowest BCUT2D eigenvalue weighted by atomic mass is 10.0. The molecular formula is C24H25NO5. The van der Waals surface area contributed by atoms with Crippen LogP contribution in [0.5, 0.6) is 23.0 Å². The molecule has 3 heterocycles. The number of carbonyl (C=O) groups excluding carboxylic acids is 1. The Morgan fingerprint density at radius 2 is 1.53 bits per heavy atom. The van der Waals surface area contributed by atoms with Crippen LogP contribution in [0.1, 0.15) is 36.4 Å². The minimum Gasteiger partial charge on any atom is -0.490 e. The molecule has 6 heteroatoms. The molecule has 1 unspecified atom stereocenters. The second kappa shape index (κ2) is 8.30. The summed E-state index contributed by atoms with van der Waals surface area (Å²) in [6, 6.07) is 11.8. The summed E-state index contributed by atoms with van der Waals surface area (Å²) in [5.41, 5.74) is 2.01. The van der Waals surface area contributed by atoms with E-state index in [1.165, 1.54) is 0 Å². The van der Waals surface area contributed by atoms with Gasteiger partial charge in [-0.1, -0.05) is 12.1 Å². The van der Waals surface area contributed by atoms with Gasteiger partial charge in [-0.05, 0) is 54.3 Å². The fourth-order valence-electron chi connectivity index (χ4n) is 4.19. The zero-order valence-corrected chi connectivity index (χ0v) is 16.8. The highest BCUT2D eigenvalue weighted by molar-refractivity contribution is 5.92. The number of nitrogens with zero attached hydrogens (tertiary/aromatic N) is 1. The Morgan fingerprint density at radius 3 is 2.40 bits per heavy atom. The first-order chi connectivity index (χ1) is 14.8. The molecule has 1 fully saturated rings. The third kappa shape index (κ3) is 3.82. The lowest BCUT2D eigenvalue weighted by Gasteiger charge is -2.26. The number of ether oxygens (including phenoxy) is 4. The predicted molar refractivity (Wildman–Crippen MR) is 112 cm³/mol. The fourth-order valence-corrected chi connectivity index (χ4v) is 4.19. The molecule has 5 rings (SSSR count). The molecule has 0 aliphatic carbocycles. The van der Waals surface area contributed by atoms with Crippen LogP contribution in [0.2, 0.25) is 0 Å². The Bertz CT molecular complexity index is 970. The first-order valence-electron chi connectivity index (χ1n) is 10.6. The molecule has 0 saturated carbocycles. The zero-order valence-electron chi connectivity index (χ0n) is 16.8. The summed E-state index contributed by atoms with van der Waals surface area (Å²) in [4.78, 5) is 14.9. The number of benzene rings is 2. The maximum Gasteiger partial charge on any atom is 0.247 e. The van der Waals surface area contributed by atoms with E-state index in [4.69, 9.17) is 18.9 Å². The van der Waals surface area contributed by atoms with Gasteiger partial charge in [-0.25, -0.2) is 0 Å². The molecule has 1 amide bonds. The first-order valence-corrected chi connectivity index (χ1v) is 10.6. The van der Waals surface area contributed by atoms with Crippen molar-refractivity contribution in [2.75, 3.05) is 33.0 Å². The molecule has 1 atom stereocenters. The van der Waals surface area contributed by atoms with Crippen molar-refractivity contribution in [2.45, 2.75) is 25.3 Å². The average Bonchev–Trinajstić information content (AvgIpc) is 3.16. The van der Waals surface area contributed by atoms with Crippen LogP contribution in [-0.2, 0) is 4.79 Å². The highest BCUT2D eigenvalue weighted by Gasteiger charge is 2.29. The van der Waals surface area contributed by atoms with Crippen LogP contribution >= 0.6 is 0 Å². The van der Waals surface area contributed by atoms with Crippen LogP contribution in [0.25, 0.3) is 6.08 Å². The van der Waals surface area contributed by atoms with Crippen molar-refractivity contribution in [3.05, 3.63) is 53.6 Å². The quantitative estimate of drug-likeness (QED) is 0.720. The fraction of sp³-hybridized carbons (Fsp3) is 0.375. The van der Waals surface area contributed by atoms with E-state index in [1.54, 1.807) is 6.08 Å². The van der Waals surface area contributed by atoms with E-state index in [0.29, 0.717) is 26.4 Å². The molecule has 0 N–H and O–H groups in total. The van der Waals surface area contributed by atoms with Crippen molar-refractivity contribution >= 4 is 12.0 Å². The van der Waals surface area contributed by atoms with Gasteiger partial charge in [0.15, 0.2) is 23.0 Å². The summed E-state index contributed by atoms with van der Waals surface area (Å²) in [6.45, 7) is 3.19. The van der Waals surface area contributed by atoms with Gasteiger partial charge in [0.2, 0.25) is 5.91 Å². The summed E-state index contributed by atoms with van der Waals surface area (Å²) in [7, 11) is 0. The molecule has 0 aromatic heterocycles. The van der Waals surface area contributed by atoms with Crippen LogP contribution < -0.4 is 18.9 Å². The van der Waals surface area contributed by atoms with Crippen LogP contribution in [0.3, 0.4) is 0 Å². The standard InChI is InChI=1S/C24H25NO5/c26-24(9-5-17-4-7-20-22(15-17)28-12-2-11-27-20)25-10-1-3-19(25)18-6-8-21-23(16-18)30-14-13-29-21/h4-9,15-16,19H,1-3,10-14H2. The maximum absolute atomic E-state index is 13.0. The molecule has 3 aliphatic rings. The number of hydrogen-bond acceptors (Lipinski definition) is 5. The smallest absolute Gasteiger partial charge is 0.247 e. The van der Waals surface area contributed by atoms with E-state index in [-0.39, 0.29) is 11.9 Å². The Morgan fingerprint density at radius 1 is 0.833 bits per heavy atom. The number of carbonyl (C=O) groups is 1. The number of likely N-dealkylation sites (tertiary alicyclic amines) is 1. The van der Waals surface area contributed by atoms with Gasteiger partial charge < -0.3 is 23.8 Å². The highest BCUT2D eigenvalue weighted by atomic mass is 16.6. The van der Waals surface area contributed by atoms with E-state index >= 15 is 0 Å². The number of amides is 1. The summed E-state index contributed by atoms with van der Waals surface area (Å²) in [5.74, 6) is 3.04. The molecule has 3 aliphatic heterocycles. The molecule has 1 saturated heterocycles. The summed E-state index contributed by atoms with van der Waals surface area (Å²) in [6.07, 6.45) is 6.30. The van der Waals surface area contributed by atoms with Crippen molar-refractivity contribution in [1.29, 1.82) is 0 Å². The molecule has 2 aromatic rings. The Kier molecular flexibility index (Phi) is 5.22. The van der Waals surface area contributed by atoms with Gasteiger partial charge in [0.1, 0.15) is 13.2 Å². The Labute approximate surface area is 176 Å². The molecule has 0 spiro atoms. The lowest BCUT2D eigenvalue weighted by molar-refractivity contribution is -0.126. The monoisotopic (exact) mass is 407 g/mol. The minimum atomic E-state index is 0.0134. The van der Waals surface area contributed by atoms with Crippen LogP contribution in [-0.4, -0.2) is 43.8 Å². The van der Waals surface area contributed by atoms with Gasteiger partial charge in [-0.2, -0.15) is 0 Å². The van der Waals surface area contributed by atoms with E-state index in [0.717, 1.165) is 59.9 Å². The average molecular weight is 407 g/mol. The van der Waals surface area contributed by atoms with Crippen molar-refractivity contribution in [2.24, 2.45) is 0 Å². The predicted octanol–water partition coefficient (Wildman–Crippen LogP) is 4.00. The van der Waals surface area contributed by atoms with Gasteiger partial charge in [0.25, 0.3) is 0 Å². The first kappa shape index (κ1) is 18.9. The van der Waals surface area contributed by atoms with E-state index < -0.39 is 0 Å². The number of hydrogen-bond donors (Lipinski definition) is 0. The number of fused-ring (bicyclic) bond motifs is 2. The maximum atomic E-state index is 13.0. The third-order valence-electron chi connectivity index (χ3n) is 5.68. The molecule has 0 radical (unpaired) electrons. The second-order valence-electron chi connectivity index (χ2n) is 7.68.